The van der Waals surface area contributed by atoms with E-state index in [0.717, 1.165) is 5.56 Å². The van der Waals surface area contributed by atoms with Gasteiger partial charge in [0.05, 0.1) is 21.3 Å². The van der Waals surface area contributed by atoms with E-state index in [1.807, 2.05) is 16.8 Å². The number of carbonyl (C=O) groups excluding carboxylic acids is 1. The largest absolute Gasteiger partial charge is 0.493 e. The normalized spacial score (nSPS) is 10.2. The van der Waals surface area contributed by atoms with E-state index in [-0.39, 0.29) is 5.78 Å². The predicted octanol–water partition coefficient (Wildman–Crippen LogP) is 3.20. The van der Waals surface area contributed by atoms with Crippen LogP contribution in [-0.4, -0.2) is 27.1 Å². The van der Waals surface area contributed by atoms with Gasteiger partial charge in [-0.3, -0.25) is 4.79 Å². The Morgan fingerprint density at radius 1 is 1.10 bits per heavy atom. The fourth-order valence-electron chi connectivity index (χ4n) is 1.92. The van der Waals surface area contributed by atoms with Gasteiger partial charge < -0.3 is 14.2 Å². The van der Waals surface area contributed by atoms with Gasteiger partial charge in [-0.15, -0.1) is 0 Å². The second-order valence-corrected chi connectivity index (χ2v) is 4.93. The van der Waals surface area contributed by atoms with Crippen LogP contribution in [0.25, 0.3) is 0 Å². The monoisotopic (exact) mass is 292 g/mol. The second kappa shape index (κ2) is 6.43. The molecule has 0 unspecified atom stereocenters. The summed E-state index contributed by atoms with van der Waals surface area (Å²) in [6.07, 6.45) is 0.363. The molecule has 0 bridgehead atoms. The number of thiophene rings is 1. The van der Waals surface area contributed by atoms with Crippen molar-refractivity contribution >= 4 is 17.1 Å². The first-order chi connectivity index (χ1) is 9.69. The summed E-state index contributed by atoms with van der Waals surface area (Å²) in [5.41, 5.74) is 1.56. The molecule has 0 atom stereocenters. The third-order valence-corrected chi connectivity index (χ3v) is 3.66. The lowest BCUT2D eigenvalue weighted by molar-refractivity contribution is 0.0992. The first kappa shape index (κ1) is 14.4. The summed E-state index contributed by atoms with van der Waals surface area (Å²) in [6.45, 7) is 0. The highest BCUT2D eigenvalue weighted by Crippen LogP contribution is 2.38. The molecule has 0 aliphatic rings. The average Bonchev–Trinajstić information content (AvgIpc) is 2.98. The Morgan fingerprint density at radius 2 is 1.75 bits per heavy atom. The summed E-state index contributed by atoms with van der Waals surface area (Å²) < 4.78 is 15.7. The van der Waals surface area contributed by atoms with Crippen molar-refractivity contribution in [3.05, 3.63) is 40.1 Å². The quantitative estimate of drug-likeness (QED) is 0.767. The fourth-order valence-corrected chi connectivity index (χ4v) is 2.59. The van der Waals surface area contributed by atoms with Crippen molar-refractivity contribution in [2.75, 3.05) is 21.3 Å². The van der Waals surface area contributed by atoms with E-state index in [2.05, 4.69) is 0 Å². The summed E-state index contributed by atoms with van der Waals surface area (Å²) in [5, 5.41) is 3.92. The molecule has 106 valence electrons. The van der Waals surface area contributed by atoms with Crippen LogP contribution in [0.5, 0.6) is 17.2 Å². The van der Waals surface area contributed by atoms with E-state index < -0.39 is 0 Å². The van der Waals surface area contributed by atoms with E-state index in [9.17, 15) is 4.79 Å². The van der Waals surface area contributed by atoms with Crippen LogP contribution in [0.15, 0.2) is 29.0 Å². The molecule has 0 fully saturated rings. The molecule has 2 rings (SSSR count). The van der Waals surface area contributed by atoms with Gasteiger partial charge in [0.25, 0.3) is 0 Å². The maximum absolute atomic E-state index is 12.3. The number of benzene rings is 1. The number of rotatable bonds is 6. The third-order valence-electron chi connectivity index (χ3n) is 2.93. The Balaban J connectivity index is 2.34. The molecule has 0 aliphatic heterocycles. The lowest BCUT2D eigenvalue weighted by Crippen LogP contribution is -2.05. The van der Waals surface area contributed by atoms with Gasteiger partial charge in [-0.05, 0) is 34.5 Å². The highest BCUT2D eigenvalue weighted by molar-refractivity contribution is 7.08. The van der Waals surface area contributed by atoms with Crippen LogP contribution in [0.4, 0.5) is 0 Å². The molecule has 0 radical (unpaired) electrons. The Labute approximate surface area is 121 Å². The summed E-state index contributed by atoms with van der Waals surface area (Å²) in [6, 6.07) is 5.30. The average molecular weight is 292 g/mol. The molecule has 4 nitrogen and oxygen atoms in total. The van der Waals surface area contributed by atoms with E-state index in [1.165, 1.54) is 21.3 Å². The topological polar surface area (TPSA) is 44.8 Å². The van der Waals surface area contributed by atoms with Gasteiger partial charge in [-0.2, -0.15) is 11.3 Å². The van der Waals surface area contributed by atoms with Crippen LogP contribution in [0, 0.1) is 0 Å². The molecule has 0 saturated heterocycles. The molecular weight excluding hydrogens is 276 g/mol. The summed E-state index contributed by atoms with van der Waals surface area (Å²) in [7, 11) is 4.60. The predicted molar refractivity (Wildman–Crippen MR) is 78.5 cm³/mol. The molecule has 0 amide bonds. The standard InChI is InChI=1S/C15H16O4S/c1-17-13-7-11(8-14(18-2)15(13)19-3)12(16)6-10-4-5-20-9-10/h4-5,7-9H,6H2,1-3H3. The minimum atomic E-state index is 0.0163. The number of Topliss-reactive ketones (excluding diaryl/α,β-unsaturated/α-hetero) is 1. The SMILES string of the molecule is COc1cc(C(=O)Cc2ccsc2)cc(OC)c1OC. The van der Waals surface area contributed by atoms with E-state index >= 15 is 0 Å². The highest BCUT2D eigenvalue weighted by Gasteiger charge is 2.17. The molecular formula is C15H16O4S. The van der Waals surface area contributed by atoms with Crippen molar-refractivity contribution in [1.29, 1.82) is 0 Å². The number of ether oxygens (including phenoxy) is 3. The fraction of sp³-hybridized carbons (Fsp3) is 0.267. The first-order valence-corrected chi connectivity index (χ1v) is 6.98. The van der Waals surface area contributed by atoms with Crippen molar-refractivity contribution in [3.8, 4) is 17.2 Å². The minimum Gasteiger partial charge on any atom is -0.493 e. The lowest BCUT2D eigenvalue weighted by Gasteiger charge is -2.13. The van der Waals surface area contributed by atoms with Crippen LogP contribution in [0.1, 0.15) is 15.9 Å². The second-order valence-electron chi connectivity index (χ2n) is 4.15. The van der Waals surface area contributed by atoms with Gasteiger partial charge in [-0.25, -0.2) is 0 Å². The van der Waals surface area contributed by atoms with Gasteiger partial charge in [-0.1, -0.05) is 0 Å². The molecule has 0 aliphatic carbocycles. The van der Waals surface area contributed by atoms with Crippen molar-refractivity contribution < 1.29 is 19.0 Å². The first-order valence-electron chi connectivity index (χ1n) is 6.04. The van der Waals surface area contributed by atoms with E-state index in [0.29, 0.717) is 29.2 Å². The summed E-state index contributed by atoms with van der Waals surface area (Å²) in [4.78, 5) is 12.3. The number of carbonyl (C=O) groups is 1. The van der Waals surface area contributed by atoms with Crippen molar-refractivity contribution in [2.24, 2.45) is 0 Å². The number of methoxy groups -OCH3 is 3. The number of hydrogen-bond acceptors (Lipinski definition) is 5. The molecule has 1 heterocycles. The Morgan fingerprint density at radius 3 is 2.20 bits per heavy atom. The van der Waals surface area contributed by atoms with Crippen LogP contribution in [0.3, 0.4) is 0 Å². The van der Waals surface area contributed by atoms with Gasteiger partial charge in [0.1, 0.15) is 0 Å². The number of hydrogen-bond donors (Lipinski definition) is 0. The molecule has 0 saturated carbocycles. The van der Waals surface area contributed by atoms with Gasteiger partial charge in [0.2, 0.25) is 5.75 Å². The zero-order valence-electron chi connectivity index (χ0n) is 11.6. The molecule has 5 heteroatoms. The Hall–Kier alpha value is -2.01. The molecule has 1 aromatic heterocycles. The Kier molecular flexibility index (Phi) is 4.63. The highest BCUT2D eigenvalue weighted by atomic mass is 32.1. The van der Waals surface area contributed by atoms with Crippen LogP contribution < -0.4 is 14.2 Å². The smallest absolute Gasteiger partial charge is 0.203 e. The van der Waals surface area contributed by atoms with Crippen LogP contribution in [0.2, 0.25) is 0 Å². The molecule has 1 aromatic carbocycles. The summed E-state index contributed by atoms with van der Waals surface area (Å²) >= 11 is 1.58. The number of ketones is 1. The minimum absolute atomic E-state index is 0.0163. The van der Waals surface area contributed by atoms with Gasteiger partial charge in [0, 0.05) is 12.0 Å². The van der Waals surface area contributed by atoms with Crippen LogP contribution in [-0.2, 0) is 6.42 Å². The lowest BCUT2D eigenvalue weighted by atomic mass is 10.0. The van der Waals surface area contributed by atoms with Crippen molar-refractivity contribution in [3.63, 3.8) is 0 Å². The van der Waals surface area contributed by atoms with Gasteiger partial charge in [0.15, 0.2) is 17.3 Å². The zero-order valence-corrected chi connectivity index (χ0v) is 12.5. The van der Waals surface area contributed by atoms with Crippen molar-refractivity contribution in [1.82, 2.24) is 0 Å². The Bertz CT molecular complexity index is 565. The van der Waals surface area contributed by atoms with Crippen LogP contribution >= 0.6 is 11.3 Å². The molecule has 20 heavy (non-hydrogen) atoms. The third kappa shape index (κ3) is 2.93. The van der Waals surface area contributed by atoms with E-state index in [4.69, 9.17) is 14.2 Å². The van der Waals surface area contributed by atoms with E-state index in [1.54, 1.807) is 23.5 Å². The zero-order chi connectivity index (χ0) is 14.5. The molecule has 0 spiro atoms. The maximum atomic E-state index is 12.3. The molecule has 0 N–H and O–H groups in total. The van der Waals surface area contributed by atoms with Gasteiger partial charge >= 0.3 is 0 Å². The maximum Gasteiger partial charge on any atom is 0.203 e. The van der Waals surface area contributed by atoms with Crippen molar-refractivity contribution in [2.45, 2.75) is 6.42 Å². The molecule has 2 aromatic rings. The summed E-state index contributed by atoms with van der Waals surface area (Å²) in [5.74, 6) is 1.48.